The first-order valence-electron chi connectivity index (χ1n) is 13.3. The molecule has 214 valence electrons. The second kappa shape index (κ2) is 12.0. The highest BCUT2D eigenvalue weighted by Crippen LogP contribution is 2.28. The van der Waals surface area contributed by atoms with E-state index in [2.05, 4.69) is 25.6 Å². The maximum Gasteiger partial charge on any atom is 0.257 e. The van der Waals surface area contributed by atoms with Gasteiger partial charge < -0.3 is 25.2 Å². The molecule has 2 saturated heterocycles. The Morgan fingerprint density at radius 2 is 1.92 bits per heavy atom. The normalized spacial score (nSPS) is 20.3. The van der Waals surface area contributed by atoms with Gasteiger partial charge >= 0.3 is 0 Å². The van der Waals surface area contributed by atoms with Crippen LogP contribution in [0.5, 0.6) is 0 Å². The number of aromatic nitrogens is 3. The third kappa shape index (κ3) is 6.93. The van der Waals surface area contributed by atoms with Crippen molar-refractivity contribution in [3.63, 3.8) is 0 Å². The molecule has 0 radical (unpaired) electrons. The van der Waals surface area contributed by atoms with Crippen molar-refractivity contribution >= 4 is 39.0 Å². The van der Waals surface area contributed by atoms with Gasteiger partial charge in [-0.3, -0.25) is 4.79 Å². The minimum atomic E-state index is -3.16. The number of sulfone groups is 1. The molecule has 2 atom stereocenters. The Hall–Kier alpha value is -3.06. The van der Waals surface area contributed by atoms with Gasteiger partial charge in [0, 0.05) is 57.2 Å². The molecule has 11 nitrogen and oxygen atoms in total. The van der Waals surface area contributed by atoms with Gasteiger partial charge in [-0.05, 0) is 40.2 Å². The van der Waals surface area contributed by atoms with Gasteiger partial charge in [-0.2, -0.15) is 4.98 Å². The molecule has 39 heavy (non-hydrogen) atoms. The number of ether oxygens (including phenoxy) is 1. The summed E-state index contributed by atoms with van der Waals surface area (Å²) in [5.41, 5.74) is 1.03. The molecular formula is C26H38FN7O4S. The van der Waals surface area contributed by atoms with Gasteiger partial charge in [-0.25, -0.2) is 22.8 Å². The van der Waals surface area contributed by atoms with Crippen LogP contribution in [-0.4, -0.2) is 96.8 Å². The number of alkyl halides is 1. The summed E-state index contributed by atoms with van der Waals surface area (Å²) in [6.45, 7) is 8.83. The average Bonchev–Trinajstić information content (AvgIpc) is 2.85. The van der Waals surface area contributed by atoms with E-state index in [9.17, 15) is 17.6 Å². The van der Waals surface area contributed by atoms with Gasteiger partial charge in [0.05, 0.1) is 34.9 Å². The average molecular weight is 564 g/mol. The minimum absolute atomic E-state index is 0.0569. The van der Waals surface area contributed by atoms with Crippen molar-refractivity contribution < 1.29 is 22.3 Å². The van der Waals surface area contributed by atoms with Crippen molar-refractivity contribution in [3.05, 3.63) is 30.1 Å². The molecule has 2 aliphatic rings. The molecule has 2 aromatic rings. The summed E-state index contributed by atoms with van der Waals surface area (Å²) >= 11 is 0. The first-order chi connectivity index (χ1) is 18.5. The molecule has 0 bridgehead atoms. The van der Waals surface area contributed by atoms with Crippen molar-refractivity contribution in [2.75, 3.05) is 54.6 Å². The Morgan fingerprint density at radius 3 is 2.56 bits per heavy atom. The summed E-state index contributed by atoms with van der Waals surface area (Å²) in [5, 5.41) is 6.04. The lowest BCUT2D eigenvalue weighted by Gasteiger charge is -2.39. The predicted octanol–water partition coefficient (Wildman–Crippen LogP) is 2.89. The third-order valence-corrected chi connectivity index (χ3v) is 9.35. The highest BCUT2D eigenvalue weighted by Gasteiger charge is 2.36. The second-order valence-corrected chi connectivity index (χ2v) is 13.4. The van der Waals surface area contributed by atoms with Crippen molar-refractivity contribution in [1.82, 2.24) is 19.9 Å². The van der Waals surface area contributed by atoms with E-state index in [1.807, 2.05) is 13.8 Å². The van der Waals surface area contributed by atoms with E-state index in [4.69, 9.17) is 4.74 Å². The largest absolute Gasteiger partial charge is 0.382 e. The number of nitrogens with zero attached hydrogens (tertiary/aromatic N) is 5. The fraction of sp³-hybridized carbons (Fsp3) is 0.615. The lowest BCUT2D eigenvalue weighted by atomic mass is 10.0. The Kier molecular flexibility index (Phi) is 8.90. The molecule has 13 heteroatoms. The van der Waals surface area contributed by atoms with Crippen LogP contribution in [0.2, 0.25) is 0 Å². The van der Waals surface area contributed by atoms with E-state index in [0.29, 0.717) is 54.9 Å². The van der Waals surface area contributed by atoms with Crippen molar-refractivity contribution in [2.45, 2.75) is 57.7 Å². The van der Waals surface area contributed by atoms with E-state index in [1.165, 1.54) is 13.3 Å². The lowest BCUT2D eigenvalue weighted by Crippen LogP contribution is -2.52. The molecule has 0 spiro atoms. The van der Waals surface area contributed by atoms with Crippen molar-refractivity contribution in [2.24, 2.45) is 5.92 Å². The zero-order chi connectivity index (χ0) is 28.3. The van der Waals surface area contributed by atoms with Crippen LogP contribution in [0.4, 0.5) is 27.7 Å². The lowest BCUT2D eigenvalue weighted by molar-refractivity contribution is 0.0194. The second-order valence-electron chi connectivity index (χ2n) is 10.8. The van der Waals surface area contributed by atoms with Crippen LogP contribution in [0.25, 0.3) is 0 Å². The molecule has 2 N–H and O–H groups in total. The number of carbonyl (C=O) groups excluding carboxylic acids is 1. The van der Waals surface area contributed by atoms with Gasteiger partial charge in [-0.15, -0.1) is 0 Å². The van der Waals surface area contributed by atoms with E-state index in [0.717, 1.165) is 0 Å². The third-order valence-electron chi connectivity index (χ3n) is 6.98. The summed E-state index contributed by atoms with van der Waals surface area (Å²) in [5.74, 6) is 1.21. The standard InChI is InChI=1S/C26H38FN7O4S/c1-16(2)30-21-10-24(29-11-19(21)25(35)34-12-18(13-34)15-39(36,37)17(3)4)31-23-6-8-28-26(32-23)33-9-7-22(38-5)20(27)14-33/h6,8,10-11,16-18,20,22H,7,9,12-15H2,1-5H3,(H2,28,29,30,31,32)/t20-,22+/m1/s1. The fourth-order valence-corrected chi connectivity index (χ4v) is 5.94. The number of carbonyl (C=O) groups is 1. The van der Waals surface area contributed by atoms with Crippen LogP contribution in [0.3, 0.4) is 0 Å². The monoisotopic (exact) mass is 563 g/mol. The number of amides is 1. The number of anilines is 4. The molecule has 2 fully saturated rings. The molecule has 2 aliphatic heterocycles. The highest BCUT2D eigenvalue weighted by molar-refractivity contribution is 7.91. The highest BCUT2D eigenvalue weighted by atomic mass is 32.2. The molecule has 2 aromatic heterocycles. The molecule has 0 saturated carbocycles. The SMILES string of the molecule is CO[C@H]1CCN(c2nccc(Nc3cc(NC(C)C)c(C(=O)N4CC(CS(=O)(=O)C(C)C)C4)cn3)n2)C[C@H]1F. The van der Waals surface area contributed by atoms with Crippen molar-refractivity contribution in [1.29, 1.82) is 0 Å². The number of nitrogens with one attached hydrogen (secondary N) is 2. The summed E-state index contributed by atoms with van der Waals surface area (Å²) in [7, 11) is -1.64. The van der Waals surface area contributed by atoms with Gasteiger partial charge in [0.1, 0.15) is 17.8 Å². The Morgan fingerprint density at radius 1 is 1.18 bits per heavy atom. The molecule has 1 amide bonds. The summed E-state index contributed by atoms with van der Waals surface area (Å²) < 4.78 is 44.0. The first kappa shape index (κ1) is 28.9. The van der Waals surface area contributed by atoms with Gasteiger partial charge in [-0.1, -0.05) is 0 Å². The molecular weight excluding hydrogens is 525 g/mol. The molecule has 4 heterocycles. The molecule has 4 rings (SSSR count). The van der Waals surface area contributed by atoms with E-state index < -0.39 is 27.4 Å². The van der Waals surface area contributed by atoms with Crippen LogP contribution >= 0.6 is 0 Å². The van der Waals surface area contributed by atoms with Crippen LogP contribution in [-0.2, 0) is 14.6 Å². The number of hydrogen-bond donors (Lipinski definition) is 2. The summed E-state index contributed by atoms with van der Waals surface area (Å²) in [6.07, 6.45) is 2.12. The smallest absolute Gasteiger partial charge is 0.257 e. The summed E-state index contributed by atoms with van der Waals surface area (Å²) in [4.78, 5) is 30.0. The number of halogens is 1. The fourth-order valence-electron chi connectivity index (χ4n) is 4.69. The number of hydrogen-bond acceptors (Lipinski definition) is 10. The number of pyridine rings is 1. The van der Waals surface area contributed by atoms with E-state index in [1.54, 1.807) is 42.0 Å². The number of methoxy groups -OCH3 is 1. The minimum Gasteiger partial charge on any atom is -0.382 e. The van der Waals surface area contributed by atoms with E-state index in [-0.39, 0.29) is 30.2 Å². The van der Waals surface area contributed by atoms with Crippen LogP contribution in [0, 0.1) is 5.92 Å². The predicted molar refractivity (Wildman–Crippen MR) is 149 cm³/mol. The number of piperidine rings is 1. The maximum absolute atomic E-state index is 14.4. The Labute approximate surface area is 229 Å². The zero-order valence-corrected chi connectivity index (χ0v) is 23.9. The van der Waals surface area contributed by atoms with Crippen molar-refractivity contribution in [3.8, 4) is 0 Å². The zero-order valence-electron chi connectivity index (χ0n) is 23.1. The quantitative estimate of drug-likeness (QED) is 0.445. The number of rotatable bonds is 10. The van der Waals surface area contributed by atoms with Gasteiger partial charge in [0.25, 0.3) is 5.91 Å². The van der Waals surface area contributed by atoms with Crippen LogP contribution in [0.1, 0.15) is 44.5 Å². The van der Waals surface area contributed by atoms with Gasteiger partial charge in [0.2, 0.25) is 5.95 Å². The molecule has 0 unspecified atom stereocenters. The van der Waals surface area contributed by atoms with Crippen LogP contribution in [0.15, 0.2) is 24.5 Å². The topological polar surface area (TPSA) is 130 Å². The van der Waals surface area contributed by atoms with Crippen LogP contribution < -0.4 is 15.5 Å². The molecule has 0 aliphatic carbocycles. The Balaban J connectivity index is 1.45. The van der Waals surface area contributed by atoms with Gasteiger partial charge in [0.15, 0.2) is 9.84 Å². The van der Waals surface area contributed by atoms with E-state index >= 15 is 0 Å². The summed E-state index contributed by atoms with van der Waals surface area (Å²) in [6, 6.07) is 3.50. The number of likely N-dealkylation sites (tertiary alicyclic amines) is 1. The first-order valence-corrected chi connectivity index (χ1v) is 15.0. The maximum atomic E-state index is 14.4. The Bertz CT molecular complexity index is 1270. The molecule has 0 aromatic carbocycles.